The largest absolute Gasteiger partial charge is 0.462 e. The Kier molecular flexibility index (Phi) is 2.38. The Morgan fingerprint density at radius 3 is 3.00 bits per heavy atom. The van der Waals surface area contributed by atoms with Crippen molar-refractivity contribution in [3.63, 3.8) is 0 Å². The van der Waals surface area contributed by atoms with E-state index < -0.39 is 0 Å². The summed E-state index contributed by atoms with van der Waals surface area (Å²) in [7, 11) is 0. The van der Waals surface area contributed by atoms with Crippen molar-refractivity contribution >= 4 is 5.97 Å². The molecule has 0 aromatic heterocycles. The molecule has 0 amide bonds. The molecule has 0 spiro atoms. The summed E-state index contributed by atoms with van der Waals surface area (Å²) in [4.78, 5) is 11.1. The Hall–Kier alpha value is -1.05. The van der Waals surface area contributed by atoms with Gasteiger partial charge in [0.15, 0.2) is 0 Å². The van der Waals surface area contributed by atoms with Crippen LogP contribution >= 0.6 is 0 Å². The summed E-state index contributed by atoms with van der Waals surface area (Å²) in [5.41, 5.74) is 0. The van der Waals surface area contributed by atoms with E-state index in [0.29, 0.717) is 12.5 Å². The number of esters is 1. The van der Waals surface area contributed by atoms with Crippen molar-refractivity contribution in [2.75, 3.05) is 6.61 Å². The molecule has 0 aliphatic heterocycles. The highest BCUT2D eigenvalue weighted by atomic mass is 16.5. The van der Waals surface area contributed by atoms with Crippen molar-refractivity contribution in [1.29, 1.82) is 0 Å². The number of ether oxygens (including phenoxy) is 1. The molecule has 0 N–H and O–H groups in total. The van der Waals surface area contributed by atoms with Gasteiger partial charge in [-0.2, -0.15) is 0 Å². The first-order valence-corrected chi connectivity index (χ1v) is 6.27. The van der Waals surface area contributed by atoms with Crippen molar-refractivity contribution in [3.05, 3.63) is 24.8 Å². The normalized spacial score (nSPS) is 43.4. The van der Waals surface area contributed by atoms with Gasteiger partial charge in [-0.1, -0.05) is 18.7 Å². The van der Waals surface area contributed by atoms with Crippen LogP contribution in [0, 0.1) is 29.6 Å². The summed E-state index contributed by atoms with van der Waals surface area (Å²) in [5, 5.41) is 0. The summed E-state index contributed by atoms with van der Waals surface area (Å²) < 4.78 is 5.21. The molecule has 5 atom stereocenters. The predicted molar refractivity (Wildman–Crippen MR) is 61.6 cm³/mol. The van der Waals surface area contributed by atoms with Crippen molar-refractivity contribution < 1.29 is 9.53 Å². The first-order valence-electron chi connectivity index (χ1n) is 6.27. The molecule has 2 fully saturated rings. The number of allylic oxidation sites excluding steroid dienone is 2. The van der Waals surface area contributed by atoms with E-state index in [0.717, 1.165) is 23.7 Å². The van der Waals surface area contributed by atoms with Crippen LogP contribution in [0.5, 0.6) is 0 Å². The van der Waals surface area contributed by atoms with Crippen LogP contribution in [0.2, 0.25) is 0 Å². The van der Waals surface area contributed by atoms with Crippen molar-refractivity contribution in [2.45, 2.75) is 19.3 Å². The SMILES string of the molecule is C=CC(=O)OCC1CCC2C3C=CC(C3)C12. The molecule has 2 saturated carbocycles. The van der Waals surface area contributed by atoms with Gasteiger partial charge in [0.25, 0.3) is 0 Å². The lowest BCUT2D eigenvalue weighted by molar-refractivity contribution is -0.139. The second kappa shape index (κ2) is 3.76. The molecule has 3 aliphatic carbocycles. The Bertz CT molecular complexity index is 345. The number of hydrogen-bond donors (Lipinski definition) is 0. The molecular weight excluding hydrogens is 200 g/mol. The van der Waals surface area contributed by atoms with Gasteiger partial charge < -0.3 is 4.74 Å². The molecule has 0 heterocycles. The molecule has 5 unspecified atom stereocenters. The van der Waals surface area contributed by atoms with Gasteiger partial charge >= 0.3 is 5.97 Å². The minimum absolute atomic E-state index is 0.276. The Morgan fingerprint density at radius 1 is 1.38 bits per heavy atom. The van der Waals surface area contributed by atoms with Gasteiger partial charge in [0.05, 0.1) is 6.61 Å². The summed E-state index contributed by atoms with van der Waals surface area (Å²) in [5.74, 6) is 3.58. The molecule has 2 nitrogen and oxygen atoms in total. The van der Waals surface area contributed by atoms with Crippen LogP contribution in [-0.2, 0) is 9.53 Å². The molecule has 86 valence electrons. The summed E-state index contributed by atoms with van der Waals surface area (Å²) >= 11 is 0. The van der Waals surface area contributed by atoms with E-state index in [4.69, 9.17) is 4.74 Å². The summed E-state index contributed by atoms with van der Waals surface area (Å²) in [6.07, 6.45) is 9.96. The minimum atomic E-state index is -0.276. The van der Waals surface area contributed by atoms with Crippen LogP contribution in [-0.4, -0.2) is 12.6 Å². The first kappa shape index (κ1) is 10.1. The fourth-order valence-electron chi connectivity index (χ4n) is 4.11. The number of carbonyl (C=O) groups excluding carboxylic acids is 1. The number of rotatable bonds is 3. The van der Waals surface area contributed by atoms with E-state index in [9.17, 15) is 4.79 Å². The van der Waals surface area contributed by atoms with Gasteiger partial charge in [-0.25, -0.2) is 4.79 Å². The average molecular weight is 218 g/mol. The lowest BCUT2D eigenvalue weighted by atomic mass is 9.81. The monoisotopic (exact) mass is 218 g/mol. The smallest absolute Gasteiger partial charge is 0.330 e. The molecule has 0 aromatic rings. The van der Waals surface area contributed by atoms with Crippen molar-refractivity contribution in [1.82, 2.24) is 0 Å². The van der Waals surface area contributed by atoms with Crippen LogP contribution in [0.3, 0.4) is 0 Å². The average Bonchev–Trinajstić information content (AvgIpc) is 2.97. The zero-order chi connectivity index (χ0) is 11.1. The van der Waals surface area contributed by atoms with Crippen molar-refractivity contribution in [3.8, 4) is 0 Å². The van der Waals surface area contributed by atoms with Gasteiger partial charge in [0, 0.05) is 6.08 Å². The zero-order valence-electron chi connectivity index (χ0n) is 9.47. The molecule has 3 rings (SSSR count). The number of fused-ring (bicyclic) bond motifs is 5. The molecule has 2 heteroatoms. The highest BCUT2D eigenvalue weighted by Crippen LogP contribution is 2.57. The second-order valence-electron chi connectivity index (χ2n) is 5.36. The van der Waals surface area contributed by atoms with E-state index in [1.807, 2.05) is 0 Å². The van der Waals surface area contributed by atoms with Gasteiger partial charge in [-0.3, -0.25) is 0 Å². The fourth-order valence-corrected chi connectivity index (χ4v) is 4.11. The van der Waals surface area contributed by atoms with Crippen LogP contribution in [0.15, 0.2) is 24.8 Å². The first-order chi connectivity index (χ1) is 7.79. The topological polar surface area (TPSA) is 26.3 Å². The molecule has 16 heavy (non-hydrogen) atoms. The number of carbonyl (C=O) groups is 1. The highest BCUT2D eigenvalue weighted by Gasteiger charge is 2.51. The summed E-state index contributed by atoms with van der Waals surface area (Å²) in [6.45, 7) is 4.03. The third-order valence-corrected chi connectivity index (χ3v) is 4.71. The van der Waals surface area contributed by atoms with E-state index in [2.05, 4.69) is 18.7 Å². The van der Waals surface area contributed by atoms with E-state index in [1.165, 1.54) is 25.3 Å². The third-order valence-electron chi connectivity index (χ3n) is 4.71. The van der Waals surface area contributed by atoms with Gasteiger partial charge in [0.2, 0.25) is 0 Å². The molecule has 2 bridgehead atoms. The van der Waals surface area contributed by atoms with Gasteiger partial charge in [0.1, 0.15) is 0 Å². The van der Waals surface area contributed by atoms with Gasteiger partial charge in [-0.05, 0) is 48.9 Å². The maximum absolute atomic E-state index is 11.1. The lowest BCUT2D eigenvalue weighted by Crippen LogP contribution is -2.23. The minimum Gasteiger partial charge on any atom is -0.462 e. The Balaban J connectivity index is 1.63. The van der Waals surface area contributed by atoms with E-state index in [-0.39, 0.29) is 5.97 Å². The number of hydrogen-bond acceptors (Lipinski definition) is 2. The highest BCUT2D eigenvalue weighted by molar-refractivity contribution is 5.81. The molecule has 0 radical (unpaired) electrons. The maximum Gasteiger partial charge on any atom is 0.330 e. The van der Waals surface area contributed by atoms with E-state index in [1.54, 1.807) is 0 Å². The molecule has 0 aromatic carbocycles. The molecule has 0 saturated heterocycles. The third kappa shape index (κ3) is 1.43. The molecule has 3 aliphatic rings. The molecular formula is C14H18O2. The van der Waals surface area contributed by atoms with Crippen LogP contribution in [0.4, 0.5) is 0 Å². The van der Waals surface area contributed by atoms with Crippen LogP contribution in [0.25, 0.3) is 0 Å². The summed E-state index contributed by atoms with van der Waals surface area (Å²) in [6, 6.07) is 0. The maximum atomic E-state index is 11.1. The Morgan fingerprint density at radius 2 is 2.19 bits per heavy atom. The quantitative estimate of drug-likeness (QED) is 0.413. The lowest BCUT2D eigenvalue weighted by Gasteiger charge is -2.25. The van der Waals surface area contributed by atoms with Crippen molar-refractivity contribution in [2.24, 2.45) is 29.6 Å². The zero-order valence-corrected chi connectivity index (χ0v) is 9.47. The van der Waals surface area contributed by atoms with Gasteiger partial charge in [-0.15, -0.1) is 0 Å². The predicted octanol–water partition coefficient (Wildman–Crippen LogP) is 2.56. The van der Waals surface area contributed by atoms with E-state index >= 15 is 0 Å². The second-order valence-corrected chi connectivity index (χ2v) is 5.36. The van der Waals surface area contributed by atoms with Crippen LogP contribution < -0.4 is 0 Å². The Labute approximate surface area is 96.4 Å². The standard InChI is InChI=1S/C14H18O2/c1-2-13(15)16-8-11-5-6-12-9-3-4-10(7-9)14(11)12/h2-4,9-12,14H,1,5-8H2. The van der Waals surface area contributed by atoms with Crippen LogP contribution in [0.1, 0.15) is 19.3 Å². The fraction of sp³-hybridized carbons (Fsp3) is 0.643.